The van der Waals surface area contributed by atoms with Crippen LogP contribution in [0, 0.1) is 17.0 Å². The van der Waals surface area contributed by atoms with Crippen LogP contribution in [-0.2, 0) is 23.1 Å². The third kappa shape index (κ3) is 5.18. The summed E-state index contributed by atoms with van der Waals surface area (Å²) < 4.78 is 81.5. The summed E-state index contributed by atoms with van der Waals surface area (Å²) in [4.78, 5) is 20.4. The standard InChI is InChI=1S/C30H28F5N5O4/c1-5-11-43-16-9-10-17(19(12-16)30(33,34)35)21-13-24(44-39-21)29(27(41)42,28(2,3)4)40-15-23-22(14-36-40)37-26(38-23)18-7-6-8-20(31)25(18)32/h6-10,12-14H,5,11,15H2,1-4H3,(H,37,38)(H,41,42). The number of halogens is 5. The van der Waals surface area contributed by atoms with Crippen LogP contribution in [-0.4, -0.2) is 44.0 Å². The molecule has 1 aliphatic rings. The number of H-pyrrole nitrogens is 1. The van der Waals surface area contributed by atoms with E-state index in [4.69, 9.17) is 9.26 Å². The molecule has 2 N–H and O–H groups in total. The summed E-state index contributed by atoms with van der Waals surface area (Å²) >= 11 is 0. The number of aromatic amines is 1. The summed E-state index contributed by atoms with van der Waals surface area (Å²) in [5.41, 5.74) is -4.41. The second-order valence-corrected chi connectivity index (χ2v) is 11.2. The molecule has 0 aliphatic carbocycles. The molecule has 0 radical (unpaired) electrons. The van der Waals surface area contributed by atoms with Gasteiger partial charge in [-0.1, -0.05) is 38.9 Å². The number of hydrogen-bond acceptors (Lipinski definition) is 7. The van der Waals surface area contributed by atoms with Crippen LogP contribution in [0.25, 0.3) is 22.6 Å². The Morgan fingerprint density at radius 2 is 1.86 bits per heavy atom. The summed E-state index contributed by atoms with van der Waals surface area (Å²) in [6.45, 7) is 6.64. The highest BCUT2D eigenvalue weighted by atomic mass is 19.4. The predicted molar refractivity (Wildman–Crippen MR) is 149 cm³/mol. The molecule has 1 atom stereocenters. The Morgan fingerprint density at radius 1 is 1.11 bits per heavy atom. The van der Waals surface area contributed by atoms with Crippen molar-refractivity contribution in [2.24, 2.45) is 10.5 Å². The Morgan fingerprint density at radius 3 is 2.52 bits per heavy atom. The van der Waals surface area contributed by atoms with Gasteiger partial charge in [0, 0.05) is 17.0 Å². The smallest absolute Gasteiger partial charge is 0.417 e. The summed E-state index contributed by atoms with van der Waals surface area (Å²) in [5, 5.41) is 20.1. The maximum absolute atomic E-state index is 14.5. The second-order valence-electron chi connectivity index (χ2n) is 11.2. The summed E-state index contributed by atoms with van der Waals surface area (Å²) in [6, 6.07) is 8.20. The van der Waals surface area contributed by atoms with Gasteiger partial charge in [-0.25, -0.2) is 18.6 Å². The van der Waals surface area contributed by atoms with Crippen LogP contribution in [0.15, 0.2) is 52.1 Å². The number of carboxylic acids is 1. The average molecular weight is 618 g/mol. The molecule has 5 rings (SSSR count). The normalized spacial score (nSPS) is 14.8. The zero-order valence-electron chi connectivity index (χ0n) is 24.1. The van der Waals surface area contributed by atoms with Gasteiger partial charge >= 0.3 is 12.1 Å². The van der Waals surface area contributed by atoms with Crippen molar-refractivity contribution in [3.63, 3.8) is 0 Å². The Kier molecular flexibility index (Phi) is 7.72. The van der Waals surface area contributed by atoms with Crippen LogP contribution in [0.1, 0.15) is 56.8 Å². The minimum absolute atomic E-state index is 0.00461. The van der Waals surface area contributed by atoms with E-state index in [1.807, 2.05) is 6.92 Å². The monoisotopic (exact) mass is 617 g/mol. The lowest BCUT2D eigenvalue weighted by Gasteiger charge is -2.45. The Labute approximate surface area is 248 Å². The maximum atomic E-state index is 14.5. The molecule has 0 saturated carbocycles. The van der Waals surface area contributed by atoms with Gasteiger partial charge in [-0.15, -0.1) is 0 Å². The van der Waals surface area contributed by atoms with Crippen molar-refractivity contribution < 1.29 is 41.1 Å². The average Bonchev–Trinajstić information content (AvgIpc) is 3.60. The van der Waals surface area contributed by atoms with Crippen molar-refractivity contribution in [1.29, 1.82) is 0 Å². The van der Waals surface area contributed by atoms with E-state index >= 15 is 0 Å². The van der Waals surface area contributed by atoms with E-state index in [9.17, 15) is 31.9 Å². The quantitative estimate of drug-likeness (QED) is 0.205. The molecule has 44 heavy (non-hydrogen) atoms. The van der Waals surface area contributed by atoms with Crippen molar-refractivity contribution >= 4 is 12.2 Å². The van der Waals surface area contributed by atoms with Crippen molar-refractivity contribution in [3.05, 3.63) is 76.8 Å². The van der Waals surface area contributed by atoms with E-state index in [2.05, 4.69) is 20.2 Å². The zero-order chi connectivity index (χ0) is 32.0. The molecular weight excluding hydrogens is 589 g/mol. The van der Waals surface area contributed by atoms with Crippen LogP contribution >= 0.6 is 0 Å². The largest absolute Gasteiger partial charge is 0.494 e. The van der Waals surface area contributed by atoms with E-state index in [0.717, 1.165) is 18.2 Å². The number of rotatable bonds is 8. The first-order valence-electron chi connectivity index (χ1n) is 13.6. The number of carbonyl (C=O) groups is 1. The molecule has 1 unspecified atom stereocenters. The number of imidazole rings is 1. The van der Waals surface area contributed by atoms with E-state index in [1.54, 1.807) is 20.8 Å². The molecule has 0 bridgehead atoms. The Hall–Kier alpha value is -4.75. The molecule has 0 saturated heterocycles. The number of carboxylic acid groups (broad SMARTS) is 1. The summed E-state index contributed by atoms with van der Waals surface area (Å²) in [5.74, 6) is -3.85. The lowest BCUT2D eigenvalue weighted by atomic mass is 9.71. The molecule has 2 aromatic carbocycles. The van der Waals surface area contributed by atoms with E-state index < -0.39 is 40.3 Å². The zero-order valence-corrected chi connectivity index (χ0v) is 24.1. The number of nitrogens with zero attached hydrogens (tertiary/aromatic N) is 4. The van der Waals surface area contributed by atoms with Crippen LogP contribution in [0.4, 0.5) is 22.0 Å². The molecule has 2 aromatic heterocycles. The van der Waals surface area contributed by atoms with Crippen LogP contribution < -0.4 is 4.74 Å². The van der Waals surface area contributed by atoms with Gasteiger partial charge in [0.15, 0.2) is 17.4 Å². The summed E-state index contributed by atoms with van der Waals surface area (Å²) in [6.07, 6.45) is -2.90. The Bertz CT molecular complexity index is 1740. The first kappa shape index (κ1) is 30.7. The third-order valence-corrected chi connectivity index (χ3v) is 7.34. The number of benzene rings is 2. The fourth-order valence-corrected chi connectivity index (χ4v) is 5.26. The molecule has 14 heteroatoms. The van der Waals surface area contributed by atoms with Gasteiger partial charge in [0.2, 0.25) is 5.54 Å². The van der Waals surface area contributed by atoms with Crippen molar-refractivity contribution in [3.8, 4) is 28.4 Å². The van der Waals surface area contributed by atoms with Gasteiger partial charge in [0.05, 0.1) is 41.9 Å². The van der Waals surface area contributed by atoms with Crippen LogP contribution in [0.5, 0.6) is 5.75 Å². The number of aliphatic carboxylic acids is 1. The lowest BCUT2D eigenvalue weighted by Crippen LogP contribution is -2.58. The van der Waals surface area contributed by atoms with Crippen LogP contribution in [0.3, 0.4) is 0 Å². The lowest BCUT2D eigenvalue weighted by molar-refractivity contribution is -0.166. The molecule has 0 spiro atoms. The molecule has 9 nitrogen and oxygen atoms in total. The highest BCUT2D eigenvalue weighted by Crippen LogP contribution is 2.48. The molecule has 1 aliphatic heterocycles. The van der Waals surface area contributed by atoms with Gasteiger partial charge in [-0.05, 0) is 36.8 Å². The van der Waals surface area contributed by atoms with E-state index in [0.29, 0.717) is 12.1 Å². The van der Waals surface area contributed by atoms with E-state index in [1.165, 1.54) is 35.5 Å². The second kappa shape index (κ2) is 11.1. The van der Waals surface area contributed by atoms with E-state index in [-0.39, 0.29) is 53.0 Å². The minimum atomic E-state index is -4.78. The third-order valence-electron chi connectivity index (χ3n) is 7.34. The number of aromatic nitrogens is 3. The van der Waals surface area contributed by atoms with Gasteiger partial charge in [-0.3, -0.25) is 5.01 Å². The number of ether oxygens (including phenoxy) is 1. The molecular formula is C30H28F5N5O4. The van der Waals surface area contributed by atoms with Gasteiger partial charge in [0.25, 0.3) is 0 Å². The maximum Gasteiger partial charge on any atom is 0.417 e. The topological polar surface area (TPSA) is 117 Å². The van der Waals surface area contributed by atoms with Crippen LogP contribution in [0.2, 0.25) is 0 Å². The number of fused-ring (bicyclic) bond motifs is 1. The fourth-order valence-electron chi connectivity index (χ4n) is 5.26. The van der Waals surface area contributed by atoms with Gasteiger partial charge in [0.1, 0.15) is 17.3 Å². The highest BCUT2D eigenvalue weighted by molar-refractivity contribution is 5.84. The molecule has 0 amide bonds. The molecule has 4 aromatic rings. The predicted octanol–water partition coefficient (Wildman–Crippen LogP) is 6.99. The number of alkyl halides is 3. The minimum Gasteiger partial charge on any atom is -0.494 e. The fraction of sp³-hybridized carbons (Fsp3) is 0.333. The number of hydrogen-bond donors (Lipinski definition) is 2. The first-order valence-corrected chi connectivity index (χ1v) is 13.6. The number of nitrogens with one attached hydrogen (secondary N) is 1. The molecule has 232 valence electrons. The molecule has 3 heterocycles. The first-order chi connectivity index (χ1) is 20.7. The Balaban J connectivity index is 1.58. The molecule has 0 fully saturated rings. The SMILES string of the molecule is CCCOc1ccc(-c2cc(C(C(=O)O)(N3Cc4nc(-c5cccc(F)c5F)[nH]c4C=N3)C(C)(C)C)on2)c(C(F)(F)F)c1. The van der Waals surface area contributed by atoms with Gasteiger partial charge < -0.3 is 19.4 Å². The van der Waals surface area contributed by atoms with Crippen molar-refractivity contribution in [2.75, 3.05) is 6.61 Å². The van der Waals surface area contributed by atoms with Gasteiger partial charge in [-0.2, -0.15) is 18.3 Å². The van der Waals surface area contributed by atoms with Crippen molar-refractivity contribution in [2.45, 2.75) is 52.4 Å². The highest BCUT2D eigenvalue weighted by Gasteiger charge is 2.59. The number of hydrazone groups is 1. The summed E-state index contributed by atoms with van der Waals surface area (Å²) in [7, 11) is 0. The van der Waals surface area contributed by atoms with Crippen molar-refractivity contribution in [1.82, 2.24) is 20.1 Å².